The molecule has 5 rings (SSSR count). The number of phenolic OH excluding ortho intramolecular Hbond substituents is 1. The van der Waals surface area contributed by atoms with E-state index >= 15 is 0 Å². The Balaban J connectivity index is 1.63. The van der Waals surface area contributed by atoms with Crippen molar-refractivity contribution in [3.63, 3.8) is 0 Å². The summed E-state index contributed by atoms with van der Waals surface area (Å²) >= 11 is 3.46. The van der Waals surface area contributed by atoms with Crippen LogP contribution in [0.2, 0.25) is 0 Å². The van der Waals surface area contributed by atoms with Gasteiger partial charge in [0.25, 0.3) is 0 Å². The second-order valence-corrected chi connectivity index (χ2v) is 9.91. The van der Waals surface area contributed by atoms with Crippen LogP contribution >= 0.6 is 15.9 Å². The number of para-hydroxylation sites is 2. The van der Waals surface area contributed by atoms with Gasteiger partial charge in [-0.25, -0.2) is 0 Å². The number of allylic oxidation sites excluding steroid dienone is 1. The Hall–Kier alpha value is -3.65. The Bertz CT molecular complexity index is 1390. The number of halogens is 1. The Morgan fingerprint density at radius 3 is 2.51 bits per heavy atom. The molecule has 3 aromatic rings. The summed E-state index contributed by atoms with van der Waals surface area (Å²) < 4.78 is 17.3. The van der Waals surface area contributed by atoms with Crippen molar-refractivity contribution in [2.75, 3.05) is 31.5 Å². The lowest BCUT2D eigenvalue weighted by Crippen LogP contribution is -2.27. The summed E-state index contributed by atoms with van der Waals surface area (Å²) in [4.78, 5) is 13.9. The van der Waals surface area contributed by atoms with Crippen molar-refractivity contribution in [3.05, 3.63) is 81.5 Å². The van der Waals surface area contributed by atoms with E-state index in [4.69, 9.17) is 14.2 Å². The number of hydrogen-bond donors (Lipinski definition) is 3. The quantitative estimate of drug-likeness (QED) is 0.312. The van der Waals surface area contributed by atoms with Gasteiger partial charge in [-0.2, -0.15) is 0 Å². The number of methoxy groups -OCH3 is 2. The lowest BCUT2D eigenvalue weighted by atomic mass is 9.78. The highest BCUT2D eigenvalue weighted by molar-refractivity contribution is 9.10. The van der Waals surface area contributed by atoms with Crippen LogP contribution in [0.5, 0.6) is 23.0 Å². The van der Waals surface area contributed by atoms with Crippen molar-refractivity contribution in [2.45, 2.75) is 31.7 Å². The number of fused-ring (bicyclic) bond motifs is 1. The highest BCUT2D eigenvalue weighted by Gasteiger charge is 2.37. The van der Waals surface area contributed by atoms with Crippen LogP contribution in [0.4, 0.5) is 11.4 Å². The van der Waals surface area contributed by atoms with E-state index in [9.17, 15) is 9.90 Å². The van der Waals surface area contributed by atoms with E-state index in [0.717, 1.165) is 39.7 Å². The zero-order valence-electron chi connectivity index (χ0n) is 20.9. The van der Waals surface area contributed by atoms with Crippen LogP contribution < -0.4 is 24.8 Å². The van der Waals surface area contributed by atoms with Crippen LogP contribution in [0.3, 0.4) is 0 Å². The van der Waals surface area contributed by atoms with Gasteiger partial charge in [-0.3, -0.25) is 4.79 Å². The summed E-state index contributed by atoms with van der Waals surface area (Å²) in [5, 5.41) is 17.6. The van der Waals surface area contributed by atoms with Crippen LogP contribution in [0.15, 0.2) is 70.3 Å². The van der Waals surface area contributed by atoms with E-state index in [1.807, 2.05) is 55.5 Å². The summed E-state index contributed by atoms with van der Waals surface area (Å²) in [6.07, 6.45) is 0.949. The van der Waals surface area contributed by atoms with Crippen LogP contribution in [-0.2, 0) is 4.79 Å². The smallest absolute Gasteiger partial charge is 0.172 e. The number of Topliss-reactive ketones (excluding diaryl/α,β-unsaturated/α-hetero) is 1. The highest BCUT2D eigenvalue weighted by Crippen LogP contribution is 2.48. The lowest BCUT2D eigenvalue weighted by Gasteiger charge is -2.31. The molecule has 1 aliphatic heterocycles. The summed E-state index contributed by atoms with van der Waals surface area (Å²) in [6.45, 7) is 2.27. The number of ether oxygens (including phenoxy) is 3. The molecule has 7 nitrogen and oxygen atoms in total. The molecule has 8 heteroatoms. The van der Waals surface area contributed by atoms with E-state index in [1.165, 1.54) is 0 Å². The first-order valence-corrected chi connectivity index (χ1v) is 13.0. The molecule has 192 valence electrons. The fourth-order valence-electron chi connectivity index (χ4n) is 5.15. The number of ketones is 1. The van der Waals surface area contributed by atoms with Crippen molar-refractivity contribution in [3.8, 4) is 23.0 Å². The van der Waals surface area contributed by atoms with E-state index in [0.29, 0.717) is 35.2 Å². The molecule has 2 aliphatic rings. The van der Waals surface area contributed by atoms with E-state index in [-0.39, 0.29) is 17.5 Å². The molecular formula is C29H29BrN2O5. The number of aromatic hydroxyl groups is 1. The molecule has 1 aliphatic carbocycles. The van der Waals surface area contributed by atoms with Gasteiger partial charge in [-0.15, -0.1) is 0 Å². The van der Waals surface area contributed by atoms with Gasteiger partial charge in [0.2, 0.25) is 0 Å². The fraction of sp³-hybridized carbons (Fsp3) is 0.276. The summed E-state index contributed by atoms with van der Waals surface area (Å²) in [5.41, 5.74) is 5.06. The number of rotatable bonds is 6. The Labute approximate surface area is 224 Å². The minimum atomic E-state index is -0.442. The highest BCUT2D eigenvalue weighted by atomic mass is 79.9. The molecule has 0 aromatic heterocycles. The number of phenols is 1. The molecule has 0 amide bonds. The Morgan fingerprint density at radius 2 is 1.78 bits per heavy atom. The maximum absolute atomic E-state index is 13.9. The average Bonchev–Trinajstić information content (AvgIpc) is 3.07. The van der Waals surface area contributed by atoms with Gasteiger partial charge in [0.1, 0.15) is 11.5 Å². The zero-order valence-corrected chi connectivity index (χ0v) is 22.5. The second kappa shape index (κ2) is 10.4. The summed E-state index contributed by atoms with van der Waals surface area (Å²) in [7, 11) is 3.27. The van der Waals surface area contributed by atoms with Crippen LogP contribution in [0, 0.1) is 0 Å². The maximum atomic E-state index is 13.9. The second-order valence-electron chi connectivity index (χ2n) is 9.06. The molecule has 1 heterocycles. The van der Waals surface area contributed by atoms with Crippen molar-refractivity contribution < 1.29 is 24.1 Å². The standard InChI is InChI=1S/C29H29BrN2O5/c1-4-37-26-14-17(11-20(30)29(26)34)28-27-23(31-21-7-5-6-8-22(21)32-28)12-16(13-24(27)33)19-15-18(35-2)9-10-25(19)36-3/h5-11,14-16,28,31-32,34H,4,12-13H2,1-3H3. The third-order valence-corrected chi connectivity index (χ3v) is 7.47. The molecule has 37 heavy (non-hydrogen) atoms. The van der Waals surface area contributed by atoms with Gasteiger partial charge in [0, 0.05) is 29.2 Å². The maximum Gasteiger partial charge on any atom is 0.172 e. The number of carbonyl (C=O) groups is 1. The SMILES string of the molecule is CCOc1cc(C2Nc3ccccc3NC3=C2C(=O)CC(c2cc(OC)ccc2OC)C3)cc(Br)c1O. The van der Waals surface area contributed by atoms with Gasteiger partial charge in [-0.05, 0) is 77.3 Å². The number of anilines is 2. The van der Waals surface area contributed by atoms with Crippen molar-refractivity contribution in [1.82, 2.24) is 0 Å². The summed E-state index contributed by atoms with van der Waals surface area (Å²) in [6, 6.07) is 16.8. The molecule has 3 N–H and O–H groups in total. The van der Waals surface area contributed by atoms with Crippen molar-refractivity contribution in [1.29, 1.82) is 0 Å². The third-order valence-electron chi connectivity index (χ3n) is 6.87. The molecule has 0 fully saturated rings. The van der Waals surface area contributed by atoms with Crippen molar-refractivity contribution >= 4 is 33.1 Å². The monoisotopic (exact) mass is 564 g/mol. The number of nitrogens with one attached hydrogen (secondary N) is 2. The van der Waals surface area contributed by atoms with E-state index in [2.05, 4.69) is 26.6 Å². The van der Waals surface area contributed by atoms with Crippen LogP contribution in [-0.4, -0.2) is 31.7 Å². The van der Waals surface area contributed by atoms with E-state index in [1.54, 1.807) is 20.3 Å². The minimum absolute atomic E-state index is 0.0344. The number of benzene rings is 3. The first kappa shape index (κ1) is 25.0. The lowest BCUT2D eigenvalue weighted by molar-refractivity contribution is -0.116. The average molecular weight is 565 g/mol. The normalized spacial score (nSPS) is 18.6. The van der Waals surface area contributed by atoms with Crippen LogP contribution in [0.1, 0.15) is 42.9 Å². The third kappa shape index (κ3) is 4.73. The number of carbonyl (C=O) groups excluding carboxylic acids is 1. The van der Waals surface area contributed by atoms with Gasteiger partial charge >= 0.3 is 0 Å². The van der Waals surface area contributed by atoms with Gasteiger partial charge in [0.15, 0.2) is 17.3 Å². The van der Waals surface area contributed by atoms with Crippen molar-refractivity contribution in [2.24, 2.45) is 0 Å². The molecule has 2 atom stereocenters. The van der Waals surface area contributed by atoms with Crippen LogP contribution in [0.25, 0.3) is 0 Å². The Kier molecular flexibility index (Phi) is 7.02. The number of hydrogen-bond acceptors (Lipinski definition) is 7. The predicted octanol–water partition coefficient (Wildman–Crippen LogP) is 6.55. The largest absolute Gasteiger partial charge is 0.503 e. The first-order valence-electron chi connectivity index (χ1n) is 12.2. The predicted molar refractivity (Wildman–Crippen MR) is 147 cm³/mol. The van der Waals surface area contributed by atoms with Gasteiger partial charge in [-0.1, -0.05) is 12.1 Å². The molecule has 0 spiro atoms. The molecular weight excluding hydrogens is 536 g/mol. The molecule has 0 saturated heterocycles. The fourth-order valence-corrected chi connectivity index (χ4v) is 5.61. The molecule has 2 unspecified atom stereocenters. The Morgan fingerprint density at radius 1 is 1.00 bits per heavy atom. The topological polar surface area (TPSA) is 89.1 Å². The molecule has 0 bridgehead atoms. The first-order chi connectivity index (χ1) is 17.9. The van der Waals surface area contributed by atoms with Gasteiger partial charge in [0.05, 0.1) is 42.7 Å². The van der Waals surface area contributed by atoms with E-state index < -0.39 is 6.04 Å². The molecule has 0 radical (unpaired) electrons. The zero-order chi connectivity index (χ0) is 26.1. The summed E-state index contributed by atoms with van der Waals surface area (Å²) in [5.74, 6) is 1.81. The van der Waals surface area contributed by atoms with Gasteiger partial charge < -0.3 is 30.0 Å². The molecule has 0 saturated carbocycles. The minimum Gasteiger partial charge on any atom is -0.503 e. The molecule has 3 aromatic carbocycles.